The minimum absolute atomic E-state index is 0.182. The number of pyridine rings is 1. The van der Waals surface area contributed by atoms with E-state index in [4.69, 9.17) is 4.98 Å². The molecule has 1 aliphatic heterocycles. The minimum atomic E-state index is -0.182. The Bertz CT molecular complexity index is 1180. The Morgan fingerprint density at radius 2 is 1.87 bits per heavy atom. The Balaban J connectivity index is 1.42. The van der Waals surface area contributed by atoms with Crippen molar-refractivity contribution in [2.75, 3.05) is 23.3 Å². The fourth-order valence-corrected chi connectivity index (χ4v) is 3.95. The van der Waals surface area contributed by atoms with E-state index in [0.717, 1.165) is 53.6 Å². The third-order valence-electron chi connectivity index (χ3n) is 5.66. The zero-order valence-corrected chi connectivity index (χ0v) is 17.2. The molecular formula is C22H25N7O. The van der Waals surface area contributed by atoms with Gasteiger partial charge in [-0.05, 0) is 51.0 Å². The molecule has 0 atom stereocenters. The summed E-state index contributed by atoms with van der Waals surface area (Å²) in [6.07, 6.45) is 6.96. The Kier molecular flexibility index (Phi) is 4.71. The van der Waals surface area contributed by atoms with Crippen molar-refractivity contribution in [3.05, 3.63) is 43.0 Å². The third kappa shape index (κ3) is 3.43. The van der Waals surface area contributed by atoms with Crippen LogP contribution in [-0.4, -0.2) is 48.8 Å². The van der Waals surface area contributed by atoms with Gasteiger partial charge in [0, 0.05) is 30.7 Å². The second-order valence-electron chi connectivity index (χ2n) is 8.06. The number of anilines is 3. The van der Waals surface area contributed by atoms with Gasteiger partial charge in [-0.2, -0.15) is 0 Å². The van der Waals surface area contributed by atoms with Gasteiger partial charge in [-0.1, -0.05) is 0 Å². The van der Waals surface area contributed by atoms with E-state index in [0.29, 0.717) is 11.8 Å². The summed E-state index contributed by atoms with van der Waals surface area (Å²) >= 11 is 0. The quantitative estimate of drug-likeness (QED) is 0.537. The molecule has 0 saturated carbocycles. The first-order valence-electron chi connectivity index (χ1n) is 10.4. The van der Waals surface area contributed by atoms with Crippen LogP contribution >= 0.6 is 0 Å². The fourth-order valence-electron chi connectivity index (χ4n) is 3.95. The lowest BCUT2D eigenvalue weighted by atomic mass is 10.1. The zero-order chi connectivity index (χ0) is 20.7. The lowest BCUT2D eigenvalue weighted by molar-refractivity contribution is 0.145. The van der Waals surface area contributed by atoms with Crippen molar-refractivity contribution >= 4 is 39.4 Å². The molecule has 0 spiro atoms. The van der Waals surface area contributed by atoms with Gasteiger partial charge in [0.15, 0.2) is 0 Å². The molecule has 0 aliphatic carbocycles. The van der Waals surface area contributed by atoms with E-state index in [1.807, 2.05) is 43.0 Å². The van der Waals surface area contributed by atoms with Crippen LogP contribution in [0.25, 0.3) is 21.9 Å². The lowest BCUT2D eigenvalue weighted by Crippen LogP contribution is -2.35. The van der Waals surface area contributed by atoms with Crippen LogP contribution in [-0.2, 0) is 0 Å². The molecule has 8 heteroatoms. The highest BCUT2D eigenvalue weighted by Gasteiger charge is 2.17. The lowest BCUT2D eigenvalue weighted by Gasteiger charge is -2.31. The summed E-state index contributed by atoms with van der Waals surface area (Å²) in [4.78, 5) is 20.5. The highest BCUT2D eigenvalue weighted by Crippen LogP contribution is 2.27. The second kappa shape index (κ2) is 7.53. The summed E-state index contributed by atoms with van der Waals surface area (Å²) in [5.74, 6) is 1.20. The van der Waals surface area contributed by atoms with Gasteiger partial charge in [0.05, 0.1) is 35.3 Å². The second-order valence-corrected chi connectivity index (χ2v) is 8.06. The number of imidazole rings is 1. The largest absolute Gasteiger partial charge is 0.393 e. The molecule has 0 radical (unpaired) electrons. The molecule has 4 heterocycles. The van der Waals surface area contributed by atoms with E-state index in [9.17, 15) is 5.11 Å². The van der Waals surface area contributed by atoms with E-state index >= 15 is 0 Å². The van der Waals surface area contributed by atoms with Crippen LogP contribution in [0.15, 0.2) is 43.0 Å². The van der Waals surface area contributed by atoms with Gasteiger partial charge in [-0.15, -0.1) is 0 Å². The molecule has 1 fully saturated rings. The van der Waals surface area contributed by atoms with Crippen molar-refractivity contribution < 1.29 is 5.11 Å². The van der Waals surface area contributed by atoms with E-state index in [1.165, 1.54) is 0 Å². The predicted molar refractivity (Wildman–Crippen MR) is 118 cm³/mol. The number of nitrogens with zero attached hydrogens (tertiary/aromatic N) is 6. The molecule has 8 nitrogen and oxygen atoms in total. The van der Waals surface area contributed by atoms with Crippen LogP contribution in [0.1, 0.15) is 32.7 Å². The standard InChI is InChI=1S/C22H25N7O/c1-14(2)29-13-25-18-5-3-15-11-24-22(27-20(15)21(18)29)26-19-6-4-16(12-23-19)28-9-7-17(30)8-10-28/h3-6,11-14,17,30H,7-10H2,1-2H3,(H,23,24,26,27). The van der Waals surface area contributed by atoms with E-state index in [-0.39, 0.29) is 12.1 Å². The van der Waals surface area contributed by atoms with Gasteiger partial charge in [-0.25, -0.2) is 19.9 Å². The third-order valence-corrected chi connectivity index (χ3v) is 5.66. The van der Waals surface area contributed by atoms with E-state index in [1.54, 1.807) is 0 Å². The summed E-state index contributed by atoms with van der Waals surface area (Å²) in [7, 11) is 0. The van der Waals surface area contributed by atoms with Crippen molar-refractivity contribution in [1.82, 2.24) is 24.5 Å². The van der Waals surface area contributed by atoms with Crippen molar-refractivity contribution in [2.24, 2.45) is 0 Å². The number of hydrogen-bond acceptors (Lipinski definition) is 7. The zero-order valence-electron chi connectivity index (χ0n) is 17.2. The summed E-state index contributed by atoms with van der Waals surface area (Å²) in [6.45, 7) is 5.97. The minimum Gasteiger partial charge on any atom is -0.393 e. The van der Waals surface area contributed by atoms with Crippen LogP contribution < -0.4 is 10.2 Å². The summed E-state index contributed by atoms with van der Waals surface area (Å²) in [5.41, 5.74) is 3.88. The van der Waals surface area contributed by atoms with Gasteiger partial charge in [0.2, 0.25) is 5.95 Å². The molecule has 2 N–H and O–H groups in total. The molecule has 4 aromatic rings. The number of nitrogens with one attached hydrogen (secondary N) is 1. The molecule has 1 aromatic carbocycles. The first-order valence-corrected chi connectivity index (χ1v) is 10.4. The van der Waals surface area contributed by atoms with Crippen LogP contribution in [0, 0.1) is 0 Å². The van der Waals surface area contributed by atoms with Crippen molar-refractivity contribution in [1.29, 1.82) is 0 Å². The summed E-state index contributed by atoms with van der Waals surface area (Å²) in [6, 6.07) is 8.28. The van der Waals surface area contributed by atoms with Crippen LogP contribution in [0.3, 0.4) is 0 Å². The number of fused-ring (bicyclic) bond motifs is 3. The van der Waals surface area contributed by atoms with Gasteiger partial charge in [0.25, 0.3) is 0 Å². The topological polar surface area (TPSA) is 92.0 Å². The molecule has 0 unspecified atom stereocenters. The highest BCUT2D eigenvalue weighted by molar-refractivity contribution is 6.02. The number of aromatic nitrogens is 5. The van der Waals surface area contributed by atoms with Gasteiger partial charge in [0.1, 0.15) is 11.3 Å². The van der Waals surface area contributed by atoms with Crippen molar-refractivity contribution in [3.8, 4) is 0 Å². The fraction of sp³-hybridized carbons (Fsp3) is 0.364. The first-order chi connectivity index (χ1) is 14.6. The molecule has 1 saturated heterocycles. The molecule has 5 rings (SSSR count). The Labute approximate surface area is 174 Å². The Hall–Kier alpha value is -3.26. The summed E-state index contributed by atoms with van der Waals surface area (Å²) < 4.78 is 2.14. The Morgan fingerprint density at radius 1 is 1.03 bits per heavy atom. The number of benzene rings is 1. The molecule has 154 valence electrons. The number of piperidine rings is 1. The van der Waals surface area contributed by atoms with Crippen LogP contribution in [0.2, 0.25) is 0 Å². The van der Waals surface area contributed by atoms with E-state index < -0.39 is 0 Å². The smallest absolute Gasteiger partial charge is 0.228 e. The molecule has 3 aromatic heterocycles. The maximum absolute atomic E-state index is 9.69. The number of hydrogen-bond donors (Lipinski definition) is 2. The van der Waals surface area contributed by atoms with Crippen LogP contribution in [0.5, 0.6) is 0 Å². The summed E-state index contributed by atoms with van der Waals surface area (Å²) in [5, 5.41) is 13.9. The molecule has 30 heavy (non-hydrogen) atoms. The average Bonchev–Trinajstić information content (AvgIpc) is 3.20. The molecule has 0 amide bonds. The maximum atomic E-state index is 9.69. The number of rotatable bonds is 4. The van der Waals surface area contributed by atoms with Crippen molar-refractivity contribution in [3.63, 3.8) is 0 Å². The monoisotopic (exact) mass is 403 g/mol. The number of aliphatic hydroxyl groups excluding tert-OH is 1. The van der Waals surface area contributed by atoms with Crippen LogP contribution in [0.4, 0.5) is 17.5 Å². The Morgan fingerprint density at radius 3 is 2.60 bits per heavy atom. The predicted octanol–water partition coefficient (Wildman–Crippen LogP) is 3.66. The highest BCUT2D eigenvalue weighted by atomic mass is 16.3. The van der Waals surface area contributed by atoms with Gasteiger partial charge in [-0.3, -0.25) is 0 Å². The normalized spacial score (nSPS) is 15.4. The SMILES string of the molecule is CC(C)n1cnc2ccc3cnc(Nc4ccc(N5CCC(O)CC5)cn4)nc3c21. The first kappa shape index (κ1) is 18.7. The number of aliphatic hydroxyl groups is 1. The average molecular weight is 403 g/mol. The molecular weight excluding hydrogens is 378 g/mol. The molecule has 1 aliphatic rings. The maximum Gasteiger partial charge on any atom is 0.228 e. The molecule has 0 bridgehead atoms. The van der Waals surface area contributed by atoms with Crippen molar-refractivity contribution in [2.45, 2.75) is 38.8 Å². The van der Waals surface area contributed by atoms with Gasteiger partial charge >= 0.3 is 0 Å². The van der Waals surface area contributed by atoms with E-state index in [2.05, 4.69) is 43.6 Å². The van der Waals surface area contributed by atoms with Gasteiger partial charge < -0.3 is 19.9 Å².